The molecule has 4 aliphatic carbocycles. The molecule has 3 amide bonds. The fraction of sp³-hybridized carbons (Fsp3) is 0.968. The topological polar surface area (TPSA) is 97.0 Å². The standard InChI is InChI=1S/C94H184N6O3/c1-7-13-19-25-31-37-43-49-55-61-73-98(74-62-56-50-44-38-32-26-20-14-8-2)79-67-70-95-89(101)92-82-88-83-93(85-92,90(102)96-71-68-80-99(75-63-57-51-45-39-33-27-21-15-9-3)76-64-58-52-46-40-34-28-22-16-10-4)87-94(84-88,86-92)91(103)97-72-69-81-100(77-65-59-53-47-41-35-29-23-17-11-5)78-66-60-54-48-42-36-30-24-18-12-6/h88H,7-87H2,1-6H3,(H,95,101)(H,96,102)(H,97,103). The number of rotatable bonds is 81. The first-order chi connectivity index (χ1) is 50.6. The molecule has 0 aromatic carbocycles. The Labute approximate surface area is 644 Å². The van der Waals surface area contributed by atoms with Gasteiger partial charge in [0.1, 0.15) is 0 Å². The number of carbonyl (C=O) groups excluding carboxylic acids is 3. The summed E-state index contributed by atoms with van der Waals surface area (Å²) in [4.78, 5) is 54.1. The first kappa shape index (κ1) is 95.5. The van der Waals surface area contributed by atoms with Crippen LogP contribution in [0.15, 0.2) is 0 Å². The first-order valence-electron chi connectivity index (χ1n) is 47.7. The zero-order chi connectivity index (χ0) is 73.9. The Morgan fingerprint density at radius 3 is 0.505 bits per heavy atom. The maximum Gasteiger partial charge on any atom is 0.226 e. The number of carbonyl (C=O) groups is 3. The molecule has 0 aromatic rings. The summed E-state index contributed by atoms with van der Waals surface area (Å²) in [6.45, 7) is 25.9. The molecule has 4 rings (SSSR count). The van der Waals surface area contributed by atoms with Crippen LogP contribution < -0.4 is 16.0 Å². The van der Waals surface area contributed by atoms with Crippen molar-refractivity contribution in [3.8, 4) is 0 Å². The molecule has 0 heterocycles. The molecule has 0 atom stereocenters. The minimum absolute atomic E-state index is 0.131. The van der Waals surface area contributed by atoms with Crippen LogP contribution in [-0.2, 0) is 14.4 Å². The van der Waals surface area contributed by atoms with Gasteiger partial charge in [-0.15, -0.1) is 0 Å². The van der Waals surface area contributed by atoms with E-state index in [1.54, 1.807) is 0 Å². The maximum atomic E-state index is 15.3. The number of hydrogen-bond donors (Lipinski definition) is 3. The summed E-state index contributed by atoms with van der Waals surface area (Å²) in [6, 6.07) is 0. The molecule has 0 saturated heterocycles. The molecular formula is C94H184N6O3. The summed E-state index contributed by atoms with van der Waals surface area (Å²) in [5.74, 6) is 0.592. The Kier molecular flexibility index (Phi) is 62.3. The van der Waals surface area contributed by atoms with Crippen LogP contribution in [-0.4, -0.2) is 111 Å². The summed E-state index contributed by atoms with van der Waals surface area (Å²) in [5, 5.41) is 10.7. The Hall–Kier alpha value is -1.71. The first-order valence-corrected chi connectivity index (χ1v) is 47.7. The highest BCUT2D eigenvalue weighted by Gasteiger charge is 2.69. The third-order valence-corrected chi connectivity index (χ3v) is 25.3. The van der Waals surface area contributed by atoms with Crippen LogP contribution in [0.25, 0.3) is 0 Å². The Balaban J connectivity index is 1.74. The molecule has 0 unspecified atom stereocenters. The van der Waals surface area contributed by atoms with Gasteiger partial charge in [-0.25, -0.2) is 0 Å². The van der Waals surface area contributed by atoms with E-state index in [-0.39, 0.29) is 23.6 Å². The van der Waals surface area contributed by atoms with Crippen molar-refractivity contribution >= 4 is 17.7 Å². The Bertz CT molecular complexity index is 1610. The summed E-state index contributed by atoms with van der Waals surface area (Å²) < 4.78 is 0. The maximum absolute atomic E-state index is 15.3. The van der Waals surface area contributed by atoms with Gasteiger partial charge in [-0.3, -0.25) is 14.4 Å². The quantitative estimate of drug-likeness (QED) is 0.0525. The largest absolute Gasteiger partial charge is 0.356 e. The van der Waals surface area contributed by atoms with Gasteiger partial charge in [-0.1, -0.05) is 388 Å². The van der Waals surface area contributed by atoms with E-state index < -0.39 is 16.2 Å². The average Bonchev–Trinajstić information content (AvgIpc) is 0.692. The van der Waals surface area contributed by atoms with Gasteiger partial charge in [0, 0.05) is 19.6 Å². The highest BCUT2D eigenvalue weighted by molar-refractivity contribution is 5.92. The van der Waals surface area contributed by atoms with E-state index in [0.29, 0.717) is 38.9 Å². The van der Waals surface area contributed by atoms with Gasteiger partial charge < -0.3 is 30.7 Å². The number of unbranched alkanes of at least 4 members (excludes halogenated alkanes) is 54. The molecule has 0 aromatic heterocycles. The van der Waals surface area contributed by atoms with Gasteiger partial charge in [0.25, 0.3) is 0 Å². The Morgan fingerprint density at radius 2 is 0.350 bits per heavy atom. The fourth-order valence-corrected chi connectivity index (χ4v) is 19.2. The molecule has 608 valence electrons. The third-order valence-electron chi connectivity index (χ3n) is 25.3. The van der Waals surface area contributed by atoms with Crippen molar-refractivity contribution in [1.29, 1.82) is 0 Å². The van der Waals surface area contributed by atoms with Gasteiger partial charge in [0.05, 0.1) is 16.2 Å². The zero-order valence-corrected chi connectivity index (χ0v) is 70.9. The number of hydrogen-bond acceptors (Lipinski definition) is 6. The van der Waals surface area contributed by atoms with Crippen molar-refractivity contribution in [2.24, 2.45) is 22.2 Å². The van der Waals surface area contributed by atoms with E-state index in [0.717, 1.165) is 97.4 Å². The van der Waals surface area contributed by atoms with Crippen LogP contribution >= 0.6 is 0 Å². The predicted molar refractivity (Wildman–Crippen MR) is 452 cm³/mol. The number of nitrogens with zero attached hydrogens (tertiary/aromatic N) is 3. The highest BCUT2D eigenvalue weighted by Crippen LogP contribution is 2.70. The molecule has 0 spiro atoms. The smallest absolute Gasteiger partial charge is 0.226 e. The lowest BCUT2D eigenvalue weighted by atomic mass is 9.39. The lowest BCUT2D eigenvalue weighted by Crippen LogP contribution is -2.67. The lowest BCUT2D eigenvalue weighted by molar-refractivity contribution is -0.188. The van der Waals surface area contributed by atoms with Crippen molar-refractivity contribution in [3.05, 3.63) is 0 Å². The van der Waals surface area contributed by atoms with Gasteiger partial charge >= 0.3 is 0 Å². The molecule has 4 saturated carbocycles. The van der Waals surface area contributed by atoms with Crippen LogP contribution in [0.4, 0.5) is 0 Å². The lowest BCUT2D eigenvalue weighted by Gasteiger charge is -2.64. The monoisotopic (exact) mass is 1450 g/mol. The number of amides is 3. The molecular weight excluding hydrogens is 1260 g/mol. The predicted octanol–water partition coefficient (Wildman–Crippen LogP) is 26.9. The van der Waals surface area contributed by atoms with E-state index in [9.17, 15) is 0 Å². The average molecular weight is 1450 g/mol. The van der Waals surface area contributed by atoms with Crippen molar-refractivity contribution in [2.45, 2.75) is 485 Å². The zero-order valence-electron chi connectivity index (χ0n) is 70.9. The third kappa shape index (κ3) is 47.9. The highest BCUT2D eigenvalue weighted by atomic mass is 16.2. The normalized spacial score (nSPS) is 18.6. The van der Waals surface area contributed by atoms with E-state index >= 15 is 14.4 Å². The minimum Gasteiger partial charge on any atom is -0.356 e. The van der Waals surface area contributed by atoms with Gasteiger partial charge in [-0.2, -0.15) is 0 Å². The molecule has 9 nitrogen and oxygen atoms in total. The minimum atomic E-state index is -0.693. The van der Waals surface area contributed by atoms with E-state index in [1.165, 1.54) is 385 Å². The van der Waals surface area contributed by atoms with Crippen LogP contribution in [0.3, 0.4) is 0 Å². The van der Waals surface area contributed by atoms with Crippen molar-refractivity contribution in [2.75, 3.05) is 78.5 Å². The molecule has 4 fully saturated rings. The van der Waals surface area contributed by atoms with E-state index in [2.05, 4.69) is 72.2 Å². The molecule has 103 heavy (non-hydrogen) atoms. The van der Waals surface area contributed by atoms with Gasteiger partial charge in [0.2, 0.25) is 17.7 Å². The molecule has 4 aliphatic rings. The summed E-state index contributed by atoms with van der Waals surface area (Å²) in [7, 11) is 0. The van der Waals surface area contributed by atoms with Crippen LogP contribution in [0.5, 0.6) is 0 Å². The second kappa shape index (κ2) is 67.2. The number of nitrogens with one attached hydrogen (secondary N) is 3. The summed E-state index contributed by atoms with van der Waals surface area (Å²) in [6.07, 6.45) is 88.8. The molecule has 0 radical (unpaired) electrons. The second-order valence-electron chi connectivity index (χ2n) is 35.3. The van der Waals surface area contributed by atoms with Crippen LogP contribution in [0, 0.1) is 22.2 Å². The fourth-order valence-electron chi connectivity index (χ4n) is 19.2. The summed E-state index contributed by atoms with van der Waals surface area (Å²) >= 11 is 0. The Morgan fingerprint density at radius 1 is 0.214 bits per heavy atom. The molecule has 0 aliphatic heterocycles. The molecule has 4 bridgehead atoms. The van der Waals surface area contributed by atoms with Crippen LogP contribution in [0.1, 0.15) is 485 Å². The van der Waals surface area contributed by atoms with Crippen molar-refractivity contribution < 1.29 is 14.4 Å². The molecule has 9 heteroatoms. The van der Waals surface area contributed by atoms with Gasteiger partial charge in [0.15, 0.2) is 0 Å². The van der Waals surface area contributed by atoms with Crippen molar-refractivity contribution in [1.82, 2.24) is 30.7 Å². The molecule has 3 N–H and O–H groups in total. The summed E-state index contributed by atoms with van der Waals surface area (Å²) in [5.41, 5.74) is -2.08. The van der Waals surface area contributed by atoms with Gasteiger partial charge in [-0.05, 0) is 161 Å². The SMILES string of the molecule is CCCCCCCCCCCCN(CCCCCCCCCCCC)CCCNC(=O)C12CC3CC(C(=O)NCCCN(CCCCCCCCCCCC)CCCCCCCCCCCC)(C1)CC(C(=O)NCCCN(CCCCCCCCCCCC)CCCCCCCCCCCC)(C3)C2. The van der Waals surface area contributed by atoms with E-state index in [1.807, 2.05) is 0 Å². The van der Waals surface area contributed by atoms with E-state index in [4.69, 9.17) is 0 Å². The van der Waals surface area contributed by atoms with Crippen molar-refractivity contribution in [3.63, 3.8) is 0 Å². The second-order valence-corrected chi connectivity index (χ2v) is 35.3. The van der Waals surface area contributed by atoms with Crippen LogP contribution in [0.2, 0.25) is 0 Å².